The Labute approximate surface area is 136 Å². The monoisotopic (exact) mass is 339 g/mol. The van der Waals surface area contributed by atoms with Crippen molar-refractivity contribution in [2.24, 2.45) is 0 Å². The van der Waals surface area contributed by atoms with E-state index in [2.05, 4.69) is 25.0 Å². The molecule has 3 fully saturated rings. The van der Waals surface area contributed by atoms with Crippen LogP contribution in [-0.4, -0.2) is 50.2 Å². The first-order valence-electron chi connectivity index (χ1n) is 7.76. The smallest absolute Gasteiger partial charge is 0.416 e. The van der Waals surface area contributed by atoms with Gasteiger partial charge in [0.25, 0.3) is 0 Å². The number of alkyl halides is 3. The van der Waals surface area contributed by atoms with Gasteiger partial charge in [0.1, 0.15) is 0 Å². The second-order valence-corrected chi connectivity index (χ2v) is 6.23. The number of aromatic nitrogens is 3. The first-order chi connectivity index (χ1) is 11.5. The maximum atomic E-state index is 12.5. The molecule has 6 nitrogen and oxygen atoms in total. The summed E-state index contributed by atoms with van der Waals surface area (Å²) in [4.78, 5) is 8.80. The summed E-state index contributed by atoms with van der Waals surface area (Å²) in [5.74, 6) is -1.25. The first-order valence-corrected chi connectivity index (χ1v) is 7.76. The fraction of sp³-hybridized carbons (Fsp3) is 0.533. The van der Waals surface area contributed by atoms with E-state index in [9.17, 15) is 13.2 Å². The average molecular weight is 339 g/mol. The van der Waals surface area contributed by atoms with Gasteiger partial charge in [0.2, 0.25) is 5.89 Å². The van der Waals surface area contributed by atoms with Gasteiger partial charge in [-0.2, -0.15) is 13.2 Å². The van der Waals surface area contributed by atoms with Crippen molar-refractivity contribution in [3.8, 4) is 0 Å². The molecule has 0 spiro atoms. The van der Waals surface area contributed by atoms with E-state index in [1.807, 2.05) is 18.2 Å². The molecule has 0 aromatic carbocycles. The first kappa shape index (κ1) is 15.5. The molecule has 2 unspecified atom stereocenters. The number of piperazine rings is 1. The Hall–Kier alpha value is -2.00. The number of nitrogens with zero attached hydrogens (tertiary/aromatic N) is 5. The molecule has 2 bridgehead atoms. The van der Waals surface area contributed by atoms with Crippen LogP contribution in [0.1, 0.15) is 23.9 Å². The van der Waals surface area contributed by atoms with E-state index in [-0.39, 0.29) is 12.4 Å². The molecule has 3 aliphatic rings. The number of rotatable bonds is 4. The Morgan fingerprint density at radius 1 is 1.12 bits per heavy atom. The summed E-state index contributed by atoms with van der Waals surface area (Å²) < 4.78 is 42.2. The third-order valence-corrected chi connectivity index (χ3v) is 4.56. The lowest BCUT2D eigenvalue weighted by atomic mass is 9.87. The van der Waals surface area contributed by atoms with Crippen molar-refractivity contribution in [1.82, 2.24) is 25.0 Å². The molecule has 5 heterocycles. The molecular formula is C15H16F3N5O. The van der Waals surface area contributed by atoms with Gasteiger partial charge < -0.3 is 4.42 Å². The van der Waals surface area contributed by atoms with E-state index in [4.69, 9.17) is 4.42 Å². The normalized spacial score (nSPS) is 24.8. The third kappa shape index (κ3) is 3.01. The summed E-state index contributed by atoms with van der Waals surface area (Å²) in [5.41, 5.74) is 1.03. The highest BCUT2D eigenvalue weighted by molar-refractivity contribution is 5.07. The summed E-state index contributed by atoms with van der Waals surface area (Å²) in [7, 11) is 0. The molecule has 0 aliphatic carbocycles. The van der Waals surface area contributed by atoms with Gasteiger partial charge in [0.05, 0.1) is 12.2 Å². The second kappa shape index (κ2) is 5.82. The van der Waals surface area contributed by atoms with E-state index in [0.29, 0.717) is 12.1 Å². The van der Waals surface area contributed by atoms with Gasteiger partial charge in [-0.25, -0.2) is 0 Å². The van der Waals surface area contributed by atoms with Crippen LogP contribution in [0.5, 0.6) is 0 Å². The molecule has 0 amide bonds. The van der Waals surface area contributed by atoms with Gasteiger partial charge in [-0.05, 0) is 18.6 Å². The highest BCUT2D eigenvalue weighted by Crippen LogP contribution is 2.35. The molecule has 9 heteroatoms. The Morgan fingerprint density at radius 2 is 1.92 bits per heavy atom. The SMILES string of the molecule is FC(F)(F)c1nnc(CN2C3CC2CN(Cc2ccccn2)C3)o1. The van der Waals surface area contributed by atoms with Crippen molar-refractivity contribution in [2.45, 2.75) is 37.8 Å². The zero-order chi connectivity index (χ0) is 16.7. The summed E-state index contributed by atoms with van der Waals surface area (Å²) in [5, 5.41) is 6.59. The van der Waals surface area contributed by atoms with Gasteiger partial charge in [-0.15, -0.1) is 10.2 Å². The summed E-state index contributed by atoms with van der Waals surface area (Å²) in [6.07, 6.45) is -1.76. The minimum atomic E-state index is -4.59. The Bertz CT molecular complexity index is 693. The van der Waals surface area contributed by atoms with Crippen LogP contribution < -0.4 is 0 Å². The number of piperidine rings is 1. The lowest BCUT2D eigenvalue weighted by Crippen LogP contribution is -2.67. The van der Waals surface area contributed by atoms with E-state index in [0.717, 1.165) is 31.7 Å². The summed E-state index contributed by atoms with van der Waals surface area (Å²) in [6, 6.07) is 6.48. The molecule has 0 radical (unpaired) electrons. The number of halogens is 3. The highest BCUT2D eigenvalue weighted by Gasteiger charge is 2.45. The second-order valence-electron chi connectivity index (χ2n) is 6.23. The average Bonchev–Trinajstić information content (AvgIpc) is 3.03. The highest BCUT2D eigenvalue weighted by atomic mass is 19.4. The standard InChI is InChI=1S/C15H16F3N5O/c16-15(17,18)14-21-20-13(24-14)9-23-11-5-12(23)8-22(7-11)6-10-3-1-2-4-19-10/h1-4,11-12H,5-9H2. The molecule has 2 aromatic heterocycles. The van der Waals surface area contributed by atoms with Gasteiger partial charge >= 0.3 is 12.1 Å². The van der Waals surface area contributed by atoms with Crippen molar-refractivity contribution in [3.05, 3.63) is 41.9 Å². The van der Waals surface area contributed by atoms with Crippen LogP contribution in [0.3, 0.4) is 0 Å². The van der Waals surface area contributed by atoms with Crippen LogP contribution >= 0.6 is 0 Å². The molecule has 0 N–H and O–H groups in total. The van der Waals surface area contributed by atoms with Gasteiger partial charge in [0.15, 0.2) is 0 Å². The van der Waals surface area contributed by atoms with Gasteiger partial charge in [-0.3, -0.25) is 14.8 Å². The van der Waals surface area contributed by atoms with Crippen molar-refractivity contribution >= 4 is 0 Å². The molecule has 2 aromatic rings. The van der Waals surface area contributed by atoms with Crippen molar-refractivity contribution in [1.29, 1.82) is 0 Å². The predicted molar refractivity (Wildman–Crippen MR) is 76.6 cm³/mol. The van der Waals surface area contributed by atoms with E-state index in [1.165, 1.54) is 0 Å². The van der Waals surface area contributed by atoms with Crippen molar-refractivity contribution in [2.75, 3.05) is 13.1 Å². The Balaban J connectivity index is 1.35. The van der Waals surface area contributed by atoms with Gasteiger partial charge in [0, 0.05) is 37.9 Å². The predicted octanol–water partition coefficient (Wildman–Crippen LogP) is 1.94. The Morgan fingerprint density at radius 3 is 2.54 bits per heavy atom. The van der Waals surface area contributed by atoms with Crippen LogP contribution in [0, 0.1) is 0 Å². The topological polar surface area (TPSA) is 58.3 Å². The minimum absolute atomic E-state index is 0.0233. The lowest BCUT2D eigenvalue weighted by Gasteiger charge is -2.56. The molecule has 24 heavy (non-hydrogen) atoms. The largest absolute Gasteiger partial charge is 0.470 e. The van der Waals surface area contributed by atoms with Gasteiger partial charge in [-0.1, -0.05) is 6.07 Å². The quantitative estimate of drug-likeness (QED) is 0.849. The van der Waals surface area contributed by atoms with Crippen molar-refractivity contribution in [3.63, 3.8) is 0 Å². The van der Waals surface area contributed by atoms with E-state index >= 15 is 0 Å². The number of hydrogen-bond acceptors (Lipinski definition) is 6. The summed E-state index contributed by atoms with van der Waals surface area (Å²) in [6.45, 7) is 2.80. The summed E-state index contributed by atoms with van der Waals surface area (Å²) >= 11 is 0. The van der Waals surface area contributed by atoms with Crippen LogP contribution in [-0.2, 0) is 19.3 Å². The molecule has 128 valence electrons. The number of fused-ring (bicyclic) bond motifs is 2. The Kier molecular flexibility index (Phi) is 3.76. The maximum Gasteiger partial charge on any atom is 0.470 e. The molecule has 2 atom stereocenters. The van der Waals surface area contributed by atoms with Crippen LogP contribution in [0.2, 0.25) is 0 Å². The third-order valence-electron chi connectivity index (χ3n) is 4.56. The fourth-order valence-corrected chi connectivity index (χ4v) is 3.47. The van der Waals surface area contributed by atoms with Crippen LogP contribution in [0.25, 0.3) is 0 Å². The van der Waals surface area contributed by atoms with Crippen LogP contribution in [0.15, 0.2) is 28.8 Å². The zero-order valence-electron chi connectivity index (χ0n) is 12.8. The maximum absolute atomic E-state index is 12.5. The molecule has 3 saturated heterocycles. The molecule has 5 rings (SSSR count). The van der Waals surface area contributed by atoms with E-state index < -0.39 is 12.1 Å². The zero-order valence-corrected chi connectivity index (χ0v) is 12.8. The molecule has 0 saturated carbocycles. The molecule has 3 aliphatic heterocycles. The molecular weight excluding hydrogens is 323 g/mol. The number of hydrogen-bond donors (Lipinski definition) is 0. The van der Waals surface area contributed by atoms with E-state index in [1.54, 1.807) is 6.20 Å². The fourth-order valence-electron chi connectivity index (χ4n) is 3.47. The lowest BCUT2D eigenvalue weighted by molar-refractivity contribution is -0.158. The van der Waals surface area contributed by atoms with Crippen molar-refractivity contribution < 1.29 is 17.6 Å². The van der Waals surface area contributed by atoms with Crippen LogP contribution in [0.4, 0.5) is 13.2 Å². The number of pyridine rings is 1. The minimum Gasteiger partial charge on any atom is -0.416 e.